The largest absolute Gasteiger partial charge is 0.489 e. The standard InChI is InChI=1S/C13H9BrN2O5/c14-10-2-1-3-12(6-10)21-8-9-4-5-11(15(17)18)7-13(9)16(19)20/h1-7H,8H2. The van der Waals surface area contributed by atoms with Crippen molar-refractivity contribution >= 4 is 27.3 Å². The van der Waals surface area contributed by atoms with Gasteiger partial charge in [0.25, 0.3) is 11.4 Å². The lowest BCUT2D eigenvalue weighted by Gasteiger charge is -2.07. The summed E-state index contributed by atoms with van der Waals surface area (Å²) in [6.45, 7) is -0.0508. The summed E-state index contributed by atoms with van der Waals surface area (Å²) < 4.78 is 6.28. The number of benzene rings is 2. The summed E-state index contributed by atoms with van der Waals surface area (Å²) >= 11 is 3.29. The maximum absolute atomic E-state index is 11.0. The van der Waals surface area contributed by atoms with Crippen LogP contribution in [-0.2, 0) is 6.61 Å². The molecule has 0 aliphatic carbocycles. The van der Waals surface area contributed by atoms with Gasteiger partial charge in [0, 0.05) is 10.5 Å². The second-order valence-electron chi connectivity index (χ2n) is 4.07. The van der Waals surface area contributed by atoms with Crippen LogP contribution in [-0.4, -0.2) is 9.85 Å². The summed E-state index contributed by atoms with van der Waals surface area (Å²) in [5.74, 6) is 0.539. The maximum atomic E-state index is 11.0. The SMILES string of the molecule is O=[N+]([O-])c1ccc(COc2cccc(Br)c2)c([N+](=O)[O-])c1. The molecule has 0 N–H and O–H groups in total. The highest BCUT2D eigenvalue weighted by molar-refractivity contribution is 9.10. The van der Waals surface area contributed by atoms with E-state index in [1.165, 1.54) is 12.1 Å². The summed E-state index contributed by atoms with van der Waals surface area (Å²) in [6.07, 6.45) is 0. The summed E-state index contributed by atoms with van der Waals surface area (Å²) in [5, 5.41) is 21.6. The summed E-state index contributed by atoms with van der Waals surface area (Å²) in [4.78, 5) is 20.3. The molecule has 7 nitrogen and oxygen atoms in total. The van der Waals surface area contributed by atoms with Gasteiger partial charge >= 0.3 is 0 Å². The zero-order valence-corrected chi connectivity index (χ0v) is 12.1. The zero-order valence-electron chi connectivity index (χ0n) is 10.6. The molecular weight excluding hydrogens is 344 g/mol. The Morgan fingerprint density at radius 2 is 1.81 bits per heavy atom. The lowest BCUT2D eigenvalue weighted by molar-refractivity contribution is -0.394. The Kier molecular flexibility index (Phi) is 4.49. The Balaban J connectivity index is 2.23. The van der Waals surface area contributed by atoms with Crippen molar-refractivity contribution in [3.05, 3.63) is 72.7 Å². The van der Waals surface area contributed by atoms with Crippen molar-refractivity contribution in [2.24, 2.45) is 0 Å². The molecule has 0 unspecified atom stereocenters. The first-order valence-corrected chi connectivity index (χ1v) is 6.57. The Hall–Kier alpha value is -2.48. The number of nitro groups is 2. The number of rotatable bonds is 5. The first kappa shape index (κ1) is 14.9. The highest BCUT2D eigenvalue weighted by Crippen LogP contribution is 2.26. The van der Waals surface area contributed by atoms with Gasteiger partial charge in [-0.05, 0) is 24.3 Å². The molecule has 0 radical (unpaired) electrons. The number of nitro benzene ring substituents is 2. The molecule has 0 saturated carbocycles. The van der Waals surface area contributed by atoms with E-state index in [2.05, 4.69) is 15.9 Å². The molecule has 0 saturated heterocycles. The Morgan fingerprint density at radius 1 is 1.05 bits per heavy atom. The van der Waals surface area contributed by atoms with Crippen LogP contribution in [0.1, 0.15) is 5.56 Å². The van der Waals surface area contributed by atoms with Crippen LogP contribution in [0.25, 0.3) is 0 Å². The zero-order chi connectivity index (χ0) is 15.4. The number of hydrogen-bond acceptors (Lipinski definition) is 5. The second-order valence-corrected chi connectivity index (χ2v) is 4.99. The van der Waals surface area contributed by atoms with E-state index in [1.54, 1.807) is 18.2 Å². The van der Waals surface area contributed by atoms with E-state index in [0.717, 1.165) is 10.5 Å². The van der Waals surface area contributed by atoms with E-state index in [9.17, 15) is 20.2 Å². The molecule has 8 heteroatoms. The van der Waals surface area contributed by atoms with Gasteiger partial charge < -0.3 is 4.74 Å². The number of non-ortho nitro benzene ring substituents is 1. The van der Waals surface area contributed by atoms with Gasteiger partial charge in [-0.15, -0.1) is 0 Å². The van der Waals surface area contributed by atoms with Crippen molar-refractivity contribution in [1.29, 1.82) is 0 Å². The van der Waals surface area contributed by atoms with Crippen LogP contribution >= 0.6 is 15.9 Å². The molecule has 2 rings (SSSR count). The monoisotopic (exact) mass is 352 g/mol. The van der Waals surface area contributed by atoms with Crippen LogP contribution in [0.15, 0.2) is 46.9 Å². The van der Waals surface area contributed by atoms with Crippen LogP contribution in [0.4, 0.5) is 11.4 Å². The van der Waals surface area contributed by atoms with Crippen molar-refractivity contribution in [3.8, 4) is 5.75 Å². The molecule has 0 fully saturated rings. The number of halogens is 1. The molecule has 0 spiro atoms. The molecule has 0 amide bonds. The molecule has 0 aliphatic rings. The molecule has 0 heterocycles. The highest BCUT2D eigenvalue weighted by Gasteiger charge is 2.19. The number of ether oxygens (including phenoxy) is 1. The average Bonchev–Trinajstić information content (AvgIpc) is 2.44. The fourth-order valence-corrected chi connectivity index (χ4v) is 2.05. The van der Waals surface area contributed by atoms with Crippen molar-refractivity contribution in [2.75, 3.05) is 0 Å². The van der Waals surface area contributed by atoms with Gasteiger partial charge in [-0.2, -0.15) is 0 Å². The van der Waals surface area contributed by atoms with Crippen molar-refractivity contribution in [2.45, 2.75) is 6.61 Å². The van der Waals surface area contributed by atoms with Gasteiger partial charge in [0.2, 0.25) is 0 Å². The highest BCUT2D eigenvalue weighted by atomic mass is 79.9. The topological polar surface area (TPSA) is 95.5 Å². The molecule has 2 aromatic rings. The predicted octanol–water partition coefficient (Wildman–Crippen LogP) is 3.84. The lowest BCUT2D eigenvalue weighted by Crippen LogP contribution is -2.01. The minimum Gasteiger partial charge on any atom is -0.489 e. The normalized spacial score (nSPS) is 10.1. The van der Waals surface area contributed by atoms with Gasteiger partial charge in [-0.25, -0.2) is 0 Å². The summed E-state index contributed by atoms with van der Waals surface area (Å²) in [7, 11) is 0. The van der Waals surface area contributed by atoms with Gasteiger partial charge in [0.15, 0.2) is 0 Å². The number of nitrogens with zero attached hydrogens (tertiary/aromatic N) is 2. The molecule has 0 aliphatic heterocycles. The molecular formula is C13H9BrN2O5. The van der Waals surface area contributed by atoms with Crippen LogP contribution < -0.4 is 4.74 Å². The van der Waals surface area contributed by atoms with E-state index in [1.807, 2.05) is 6.07 Å². The van der Waals surface area contributed by atoms with Crippen LogP contribution in [0, 0.1) is 20.2 Å². The third-order valence-corrected chi connectivity index (χ3v) is 3.16. The van der Waals surface area contributed by atoms with Crippen molar-refractivity contribution in [3.63, 3.8) is 0 Å². The fourth-order valence-electron chi connectivity index (χ4n) is 1.68. The minimum absolute atomic E-state index is 0.0508. The van der Waals surface area contributed by atoms with Crippen LogP contribution in [0.5, 0.6) is 5.75 Å². The fraction of sp³-hybridized carbons (Fsp3) is 0.0769. The van der Waals surface area contributed by atoms with Gasteiger partial charge in [0.05, 0.1) is 21.5 Å². The second kappa shape index (κ2) is 6.31. The molecule has 0 atom stereocenters. The van der Waals surface area contributed by atoms with E-state index < -0.39 is 9.85 Å². The quantitative estimate of drug-likeness (QED) is 0.601. The van der Waals surface area contributed by atoms with Gasteiger partial charge in [0.1, 0.15) is 12.4 Å². The van der Waals surface area contributed by atoms with Crippen LogP contribution in [0.2, 0.25) is 0 Å². The minimum atomic E-state index is -0.675. The third kappa shape index (κ3) is 3.76. The maximum Gasteiger partial charge on any atom is 0.282 e. The summed E-state index contributed by atoms with van der Waals surface area (Å²) in [6, 6.07) is 10.5. The number of hydrogen-bond donors (Lipinski definition) is 0. The molecule has 0 aromatic heterocycles. The van der Waals surface area contributed by atoms with Crippen LogP contribution in [0.3, 0.4) is 0 Å². The predicted molar refractivity (Wildman–Crippen MR) is 78.2 cm³/mol. The lowest BCUT2D eigenvalue weighted by atomic mass is 10.1. The molecule has 2 aromatic carbocycles. The smallest absolute Gasteiger partial charge is 0.282 e. The third-order valence-electron chi connectivity index (χ3n) is 2.67. The first-order valence-electron chi connectivity index (χ1n) is 5.77. The van der Waals surface area contributed by atoms with Crippen molar-refractivity contribution in [1.82, 2.24) is 0 Å². The Bertz CT molecular complexity index is 705. The molecule has 0 bridgehead atoms. The van der Waals surface area contributed by atoms with E-state index in [-0.39, 0.29) is 23.5 Å². The average molecular weight is 353 g/mol. The molecule has 108 valence electrons. The van der Waals surface area contributed by atoms with E-state index in [4.69, 9.17) is 4.74 Å². The van der Waals surface area contributed by atoms with Gasteiger partial charge in [-0.3, -0.25) is 20.2 Å². The Labute approximate surface area is 127 Å². The summed E-state index contributed by atoms with van der Waals surface area (Å²) in [5.41, 5.74) is -0.391. The molecule has 21 heavy (non-hydrogen) atoms. The van der Waals surface area contributed by atoms with Crippen molar-refractivity contribution < 1.29 is 14.6 Å². The first-order chi connectivity index (χ1) is 9.97. The van der Waals surface area contributed by atoms with E-state index >= 15 is 0 Å². The van der Waals surface area contributed by atoms with Gasteiger partial charge in [-0.1, -0.05) is 22.0 Å². The Morgan fingerprint density at radius 3 is 2.43 bits per heavy atom. The van der Waals surface area contributed by atoms with E-state index in [0.29, 0.717) is 5.75 Å².